The molecular weight excluding hydrogens is 228 g/mol. The molecule has 0 aliphatic rings. The maximum atomic E-state index is 5.89. The molecule has 0 amide bonds. The first-order valence-corrected chi connectivity index (χ1v) is 5.49. The van der Waals surface area contributed by atoms with Crippen LogP contribution in [0.4, 0.5) is 5.82 Å². The number of nitrogens with two attached hydrogens (primary N) is 1. The summed E-state index contributed by atoms with van der Waals surface area (Å²) in [6.45, 7) is 0. The molecule has 0 saturated carbocycles. The number of hydrogen-bond donors (Lipinski definition) is 1. The van der Waals surface area contributed by atoms with Gasteiger partial charge in [0.2, 0.25) is 0 Å². The molecular formula is C12H12N6. The van der Waals surface area contributed by atoms with Gasteiger partial charge in [0.1, 0.15) is 12.1 Å². The predicted octanol–water partition coefficient (Wildman–Crippen LogP) is 1.25. The van der Waals surface area contributed by atoms with E-state index >= 15 is 0 Å². The fraction of sp³-hybridized carbons (Fsp3) is 0.0833. The Hall–Kier alpha value is -2.63. The molecule has 3 aromatic heterocycles. The average Bonchev–Trinajstić information content (AvgIpc) is 2.98. The van der Waals surface area contributed by atoms with Crippen molar-refractivity contribution in [3.63, 3.8) is 0 Å². The first kappa shape index (κ1) is 10.5. The molecule has 6 nitrogen and oxygen atoms in total. The Morgan fingerprint density at radius 3 is 2.89 bits per heavy atom. The Kier molecular flexibility index (Phi) is 2.33. The lowest BCUT2D eigenvalue weighted by Crippen LogP contribution is -2.00. The zero-order valence-corrected chi connectivity index (χ0v) is 9.85. The number of anilines is 1. The van der Waals surface area contributed by atoms with E-state index in [1.54, 1.807) is 23.4 Å². The summed E-state index contributed by atoms with van der Waals surface area (Å²) < 4.78 is 3.62. The Bertz CT molecular complexity index is 681. The second-order valence-electron chi connectivity index (χ2n) is 3.93. The van der Waals surface area contributed by atoms with Gasteiger partial charge in [0, 0.05) is 31.1 Å². The van der Waals surface area contributed by atoms with Crippen molar-refractivity contribution in [3.05, 3.63) is 43.1 Å². The minimum atomic E-state index is 0.482. The van der Waals surface area contributed by atoms with Crippen molar-refractivity contribution in [3.8, 4) is 17.1 Å². The summed E-state index contributed by atoms with van der Waals surface area (Å²) in [5, 5.41) is 4.35. The molecule has 0 saturated heterocycles. The van der Waals surface area contributed by atoms with Crippen LogP contribution in [0.2, 0.25) is 0 Å². The van der Waals surface area contributed by atoms with E-state index in [-0.39, 0.29) is 0 Å². The molecule has 0 atom stereocenters. The van der Waals surface area contributed by atoms with E-state index in [4.69, 9.17) is 5.73 Å². The van der Waals surface area contributed by atoms with Crippen LogP contribution in [-0.2, 0) is 7.05 Å². The van der Waals surface area contributed by atoms with Crippen LogP contribution in [0.5, 0.6) is 0 Å². The van der Waals surface area contributed by atoms with Crippen LogP contribution in [0.15, 0.2) is 43.1 Å². The molecule has 0 aliphatic carbocycles. The summed E-state index contributed by atoms with van der Waals surface area (Å²) in [4.78, 5) is 8.24. The topological polar surface area (TPSA) is 74.5 Å². The highest BCUT2D eigenvalue weighted by Crippen LogP contribution is 2.25. The fourth-order valence-electron chi connectivity index (χ4n) is 1.84. The molecule has 3 heterocycles. The van der Waals surface area contributed by atoms with Crippen LogP contribution in [-0.4, -0.2) is 24.3 Å². The molecule has 18 heavy (non-hydrogen) atoms. The van der Waals surface area contributed by atoms with E-state index in [9.17, 15) is 0 Å². The van der Waals surface area contributed by atoms with Gasteiger partial charge in [-0.3, -0.25) is 9.25 Å². The van der Waals surface area contributed by atoms with Crippen molar-refractivity contribution in [1.29, 1.82) is 0 Å². The monoisotopic (exact) mass is 240 g/mol. The number of imidazole rings is 1. The van der Waals surface area contributed by atoms with Crippen molar-refractivity contribution < 1.29 is 0 Å². The number of nitrogens with zero attached hydrogens (tertiary/aromatic N) is 5. The summed E-state index contributed by atoms with van der Waals surface area (Å²) in [6.07, 6.45) is 7.01. The van der Waals surface area contributed by atoms with E-state index < -0.39 is 0 Å². The third-order valence-corrected chi connectivity index (χ3v) is 2.70. The Balaban J connectivity index is 2.15. The van der Waals surface area contributed by atoms with Gasteiger partial charge in [-0.2, -0.15) is 5.10 Å². The van der Waals surface area contributed by atoms with Gasteiger partial charge in [-0.25, -0.2) is 9.97 Å². The van der Waals surface area contributed by atoms with Gasteiger partial charge in [0.25, 0.3) is 0 Å². The van der Waals surface area contributed by atoms with E-state index in [1.807, 2.05) is 36.0 Å². The molecule has 0 aliphatic heterocycles. The van der Waals surface area contributed by atoms with Gasteiger partial charge in [0.15, 0.2) is 5.82 Å². The number of aromatic nitrogens is 5. The lowest BCUT2D eigenvalue weighted by Gasteiger charge is -2.06. The second-order valence-corrected chi connectivity index (χ2v) is 3.93. The van der Waals surface area contributed by atoms with Crippen LogP contribution in [0, 0.1) is 0 Å². The van der Waals surface area contributed by atoms with Crippen molar-refractivity contribution in [2.24, 2.45) is 7.05 Å². The average molecular weight is 240 g/mol. The first-order valence-electron chi connectivity index (χ1n) is 5.49. The number of nitrogen functional groups attached to an aromatic ring is 1. The van der Waals surface area contributed by atoms with E-state index in [2.05, 4.69) is 15.1 Å². The second kappa shape index (κ2) is 3.99. The van der Waals surface area contributed by atoms with Crippen molar-refractivity contribution in [2.75, 3.05) is 5.73 Å². The Morgan fingerprint density at radius 1 is 1.28 bits per heavy atom. The Morgan fingerprint density at radius 2 is 2.17 bits per heavy atom. The minimum Gasteiger partial charge on any atom is -0.383 e. The molecule has 0 unspecified atom stereocenters. The highest BCUT2D eigenvalue weighted by Gasteiger charge is 2.11. The van der Waals surface area contributed by atoms with Gasteiger partial charge in [-0.1, -0.05) is 0 Å². The summed E-state index contributed by atoms with van der Waals surface area (Å²) in [5.74, 6) is 1.28. The molecule has 0 fully saturated rings. The lowest BCUT2D eigenvalue weighted by molar-refractivity contribution is 0.751. The van der Waals surface area contributed by atoms with Crippen molar-refractivity contribution in [2.45, 2.75) is 0 Å². The van der Waals surface area contributed by atoms with Gasteiger partial charge in [-0.15, -0.1) is 0 Å². The maximum absolute atomic E-state index is 5.89. The number of hydrogen-bond acceptors (Lipinski definition) is 4. The van der Waals surface area contributed by atoms with Crippen LogP contribution >= 0.6 is 0 Å². The zero-order valence-electron chi connectivity index (χ0n) is 9.85. The van der Waals surface area contributed by atoms with Crippen LogP contribution < -0.4 is 5.73 Å². The number of aryl methyl sites for hydroxylation is 1. The highest BCUT2D eigenvalue weighted by molar-refractivity contribution is 5.71. The van der Waals surface area contributed by atoms with Crippen LogP contribution in [0.3, 0.4) is 0 Å². The SMILES string of the molecule is Cn1ccc(-n2cncc2-c2cccnc2N)n1. The molecule has 0 radical (unpaired) electrons. The Labute approximate surface area is 104 Å². The summed E-state index contributed by atoms with van der Waals surface area (Å²) in [7, 11) is 1.87. The number of pyridine rings is 1. The van der Waals surface area contributed by atoms with Crippen LogP contribution in [0.1, 0.15) is 0 Å². The summed E-state index contributed by atoms with van der Waals surface area (Å²) in [6, 6.07) is 5.68. The summed E-state index contributed by atoms with van der Waals surface area (Å²) in [5.41, 5.74) is 7.61. The standard InChI is InChI=1S/C12H12N6/c1-17-6-4-11(16-17)18-8-14-7-10(18)9-3-2-5-15-12(9)13/h2-8H,1H3,(H2,13,15). The molecule has 0 bridgehead atoms. The molecule has 2 N–H and O–H groups in total. The molecule has 0 aromatic carbocycles. The minimum absolute atomic E-state index is 0.482. The largest absolute Gasteiger partial charge is 0.383 e. The molecule has 3 rings (SSSR count). The summed E-state index contributed by atoms with van der Waals surface area (Å²) >= 11 is 0. The van der Waals surface area contributed by atoms with Gasteiger partial charge < -0.3 is 5.73 Å². The van der Waals surface area contributed by atoms with Gasteiger partial charge >= 0.3 is 0 Å². The first-order chi connectivity index (χ1) is 8.75. The third-order valence-electron chi connectivity index (χ3n) is 2.70. The van der Waals surface area contributed by atoms with Crippen LogP contribution in [0.25, 0.3) is 17.1 Å². The quantitative estimate of drug-likeness (QED) is 0.731. The van der Waals surface area contributed by atoms with E-state index in [0.717, 1.165) is 17.1 Å². The molecule has 3 aromatic rings. The third kappa shape index (κ3) is 1.64. The number of rotatable bonds is 2. The maximum Gasteiger partial charge on any atom is 0.160 e. The molecule has 90 valence electrons. The highest BCUT2D eigenvalue weighted by atomic mass is 15.3. The fourth-order valence-corrected chi connectivity index (χ4v) is 1.84. The van der Waals surface area contributed by atoms with Crippen molar-refractivity contribution >= 4 is 5.82 Å². The van der Waals surface area contributed by atoms with Crippen molar-refractivity contribution in [1.82, 2.24) is 24.3 Å². The molecule has 6 heteroatoms. The smallest absolute Gasteiger partial charge is 0.160 e. The zero-order chi connectivity index (χ0) is 12.5. The van der Waals surface area contributed by atoms with Gasteiger partial charge in [-0.05, 0) is 12.1 Å². The van der Waals surface area contributed by atoms with E-state index in [0.29, 0.717) is 5.82 Å². The van der Waals surface area contributed by atoms with E-state index in [1.165, 1.54) is 0 Å². The molecule has 0 spiro atoms. The lowest BCUT2D eigenvalue weighted by atomic mass is 10.2. The predicted molar refractivity (Wildman–Crippen MR) is 68.0 cm³/mol. The normalized spacial score (nSPS) is 10.7. The van der Waals surface area contributed by atoms with Gasteiger partial charge in [0.05, 0.1) is 11.9 Å².